The molecule has 14 heteroatoms. The number of aromatic hydroxyl groups is 1. The maximum Gasteiger partial charge on any atom is 0.321 e. The second-order valence-electron chi connectivity index (χ2n) is 10.8. The zero-order valence-corrected chi connectivity index (χ0v) is 26.1. The Labute approximate surface area is 248 Å². The van der Waals surface area contributed by atoms with Crippen molar-refractivity contribution in [3.8, 4) is 5.75 Å². The van der Waals surface area contributed by atoms with Gasteiger partial charge >= 0.3 is 5.97 Å². The number of phenols is 1. The van der Waals surface area contributed by atoms with Crippen LogP contribution in [0.4, 0.5) is 11.4 Å². The normalized spacial score (nSPS) is 15.6. The molecule has 1 fully saturated rings. The quantitative estimate of drug-likeness (QED) is 0.181. The van der Waals surface area contributed by atoms with Crippen LogP contribution in [0.25, 0.3) is 0 Å². The minimum atomic E-state index is -3.89. The van der Waals surface area contributed by atoms with E-state index in [4.69, 9.17) is 4.74 Å². The van der Waals surface area contributed by atoms with E-state index in [2.05, 4.69) is 14.9 Å². The summed E-state index contributed by atoms with van der Waals surface area (Å²) in [5.74, 6) is -0.786. The number of anilines is 2. The summed E-state index contributed by atoms with van der Waals surface area (Å²) >= 11 is 0. The van der Waals surface area contributed by atoms with Gasteiger partial charge in [-0.05, 0) is 67.6 Å². The number of sulfonamides is 2. The Hall–Kier alpha value is -2.91. The van der Waals surface area contributed by atoms with E-state index in [1.165, 1.54) is 12.1 Å². The molecule has 12 nitrogen and oxygen atoms in total. The number of carbonyl (C=O) groups excluding carboxylic acids is 1. The molecule has 1 aliphatic heterocycles. The van der Waals surface area contributed by atoms with E-state index in [1.807, 2.05) is 13.8 Å². The van der Waals surface area contributed by atoms with Gasteiger partial charge in [-0.2, -0.15) is 4.31 Å². The summed E-state index contributed by atoms with van der Waals surface area (Å²) in [4.78, 5) is 14.3. The number of nitrogens with one attached hydrogen (secondary N) is 2. The number of phenolic OH excluding ortho intramolecular Hbond substituents is 1. The third-order valence-corrected chi connectivity index (χ3v) is 9.23. The minimum absolute atomic E-state index is 0.00723. The molecular formula is C28H42N4O8S2. The smallest absolute Gasteiger partial charge is 0.321 e. The fourth-order valence-corrected chi connectivity index (χ4v) is 6.87. The Morgan fingerprint density at radius 2 is 1.74 bits per heavy atom. The predicted octanol–water partition coefficient (Wildman–Crippen LogP) is 2.27. The number of rotatable bonds is 14. The zero-order chi connectivity index (χ0) is 31.1. The molecule has 234 valence electrons. The van der Waals surface area contributed by atoms with Crippen molar-refractivity contribution in [2.45, 2.75) is 50.7 Å². The number of esters is 1. The highest BCUT2D eigenvalue weighted by molar-refractivity contribution is 7.92. The number of piperidine rings is 1. The fourth-order valence-electron chi connectivity index (χ4n) is 4.76. The molecule has 0 radical (unpaired) electrons. The lowest BCUT2D eigenvalue weighted by Gasteiger charge is -2.34. The molecule has 1 atom stereocenters. The lowest BCUT2D eigenvalue weighted by atomic mass is 10.0. The van der Waals surface area contributed by atoms with Crippen LogP contribution in [0.3, 0.4) is 0 Å². The van der Waals surface area contributed by atoms with Gasteiger partial charge in [0.2, 0.25) is 20.0 Å². The molecule has 0 saturated carbocycles. The molecule has 0 aliphatic carbocycles. The summed E-state index contributed by atoms with van der Waals surface area (Å²) in [6.45, 7) is 7.20. The molecule has 1 saturated heterocycles. The summed E-state index contributed by atoms with van der Waals surface area (Å²) in [5, 5.41) is 23.9. The lowest BCUT2D eigenvalue weighted by molar-refractivity contribution is -0.143. The number of carbonyl (C=O) groups is 1. The van der Waals surface area contributed by atoms with Crippen molar-refractivity contribution in [1.29, 1.82) is 0 Å². The Bertz CT molecular complexity index is 1410. The van der Waals surface area contributed by atoms with Crippen molar-refractivity contribution < 1.29 is 36.6 Å². The number of hydrogen-bond donors (Lipinski definition) is 4. The van der Waals surface area contributed by atoms with E-state index >= 15 is 0 Å². The maximum atomic E-state index is 13.3. The van der Waals surface area contributed by atoms with Crippen LogP contribution in [0, 0.1) is 5.92 Å². The van der Waals surface area contributed by atoms with Gasteiger partial charge < -0.3 is 25.2 Å². The number of ether oxygens (including phenoxy) is 1. The van der Waals surface area contributed by atoms with E-state index in [0.29, 0.717) is 5.56 Å². The van der Waals surface area contributed by atoms with Gasteiger partial charge in [-0.15, -0.1) is 0 Å². The first-order valence-corrected chi connectivity index (χ1v) is 17.3. The van der Waals surface area contributed by atoms with Gasteiger partial charge in [0, 0.05) is 37.9 Å². The third-order valence-electron chi connectivity index (χ3n) is 6.81. The highest BCUT2D eigenvalue weighted by atomic mass is 32.2. The van der Waals surface area contributed by atoms with Gasteiger partial charge in [-0.1, -0.05) is 19.9 Å². The average molecular weight is 627 g/mol. The van der Waals surface area contributed by atoms with E-state index < -0.39 is 32.1 Å². The van der Waals surface area contributed by atoms with Crippen molar-refractivity contribution in [1.82, 2.24) is 9.62 Å². The van der Waals surface area contributed by atoms with Crippen LogP contribution in [-0.2, 0) is 29.6 Å². The highest BCUT2D eigenvalue weighted by Crippen LogP contribution is 2.28. The molecule has 4 N–H and O–H groups in total. The van der Waals surface area contributed by atoms with Crippen LogP contribution in [0.5, 0.6) is 5.75 Å². The summed E-state index contributed by atoms with van der Waals surface area (Å²) in [6.07, 6.45) is 1.67. The van der Waals surface area contributed by atoms with Crippen LogP contribution >= 0.6 is 0 Å². The van der Waals surface area contributed by atoms with Crippen molar-refractivity contribution in [3.63, 3.8) is 0 Å². The summed E-state index contributed by atoms with van der Waals surface area (Å²) in [5.41, 5.74) is 1.36. The van der Waals surface area contributed by atoms with Crippen LogP contribution in [0.1, 0.15) is 45.3 Å². The molecule has 0 aromatic heterocycles. The Kier molecular flexibility index (Phi) is 11.6. The monoisotopic (exact) mass is 626 g/mol. The highest BCUT2D eigenvalue weighted by Gasteiger charge is 2.28. The lowest BCUT2D eigenvalue weighted by Crippen LogP contribution is -2.43. The van der Waals surface area contributed by atoms with Gasteiger partial charge in [0.25, 0.3) is 0 Å². The van der Waals surface area contributed by atoms with Crippen LogP contribution in [0.15, 0.2) is 47.4 Å². The standard InChI is InChI=1S/C28H42N4O8S2/c1-5-40-28(35)19-32(18-20(2)3)42(38,39)24-9-7-23(8-10-24)31-14-12-22(13-15-31)29-17-27(34)21-6-11-26(33)25(16-21)30-41(4,36)37/h6-11,16,20,22,27,29-30,33-34H,5,12-15,17-19H2,1-4H3. The Morgan fingerprint density at radius 3 is 2.31 bits per heavy atom. The number of aliphatic hydroxyl groups is 1. The van der Waals surface area contributed by atoms with Gasteiger partial charge in [0.1, 0.15) is 12.3 Å². The molecule has 2 aromatic rings. The molecule has 2 aromatic carbocycles. The van der Waals surface area contributed by atoms with Crippen molar-refractivity contribution in [3.05, 3.63) is 48.0 Å². The first kappa shape index (κ1) is 33.6. The van der Waals surface area contributed by atoms with Crippen molar-refractivity contribution >= 4 is 37.4 Å². The Morgan fingerprint density at radius 1 is 1.10 bits per heavy atom. The van der Waals surface area contributed by atoms with Crippen molar-refractivity contribution in [2.75, 3.05) is 55.2 Å². The minimum Gasteiger partial charge on any atom is -0.506 e. The predicted molar refractivity (Wildman–Crippen MR) is 161 cm³/mol. The van der Waals surface area contributed by atoms with Gasteiger partial charge in [0.05, 0.1) is 29.5 Å². The van der Waals surface area contributed by atoms with Crippen LogP contribution in [-0.4, -0.2) is 89.0 Å². The largest absolute Gasteiger partial charge is 0.506 e. The molecule has 1 heterocycles. The molecule has 1 unspecified atom stereocenters. The second-order valence-corrected chi connectivity index (χ2v) is 14.5. The topological polar surface area (TPSA) is 166 Å². The molecule has 3 rings (SSSR count). The van der Waals surface area contributed by atoms with E-state index in [0.717, 1.165) is 42.2 Å². The van der Waals surface area contributed by atoms with Gasteiger partial charge in [-0.3, -0.25) is 9.52 Å². The van der Waals surface area contributed by atoms with Crippen LogP contribution in [0.2, 0.25) is 0 Å². The van der Waals surface area contributed by atoms with Crippen molar-refractivity contribution in [2.24, 2.45) is 5.92 Å². The molecule has 0 amide bonds. The first-order valence-electron chi connectivity index (χ1n) is 13.9. The molecular weight excluding hydrogens is 584 g/mol. The van der Waals surface area contributed by atoms with E-state index in [9.17, 15) is 31.8 Å². The summed E-state index contributed by atoms with van der Waals surface area (Å²) < 4.78 is 58.0. The van der Waals surface area contributed by atoms with Gasteiger partial charge in [-0.25, -0.2) is 16.8 Å². The van der Waals surface area contributed by atoms with Crippen LogP contribution < -0.4 is 14.9 Å². The average Bonchev–Trinajstić information content (AvgIpc) is 2.92. The maximum absolute atomic E-state index is 13.3. The molecule has 42 heavy (non-hydrogen) atoms. The fraction of sp³-hybridized carbons (Fsp3) is 0.536. The number of benzene rings is 2. The SMILES string of the molecule is CCOC(=O)CN(CC(C)C)S(=O)(=O)c1ccc(N2CCC(NCC(O)c3ccc(O)c(NS(C)(=O)=O)c3)CC2)cc1. The molecule has 1 aliphatic rings. The summed E-state index contributed by atoms with van der Waals surface area (Å²) in [6, 6.07) is 11.1. The third kappa shape index (κ3) is 9.56. The van der Waals surface area contributed by atoms with E-state index in [-0.39, 0.29) is 54.5 Å². The van der Waals surface area contributed by atoms with Gasteiger partial charge in [0.15, 0.2) is 0 Å². The van der Waals surface area contributed by atoms with E-state index in [1.54, 1.807) is 37.3 Å². The Balaban J connectivity index is 1.56. The number of hydrogen-bond acceptors (Lipinski definition) is 10. The molecule has 0 spiro atoms. The summed E-state index contributed by atoms with van der Waals surface area (Å²) in [7, 11) is -7.47. The number of nitrogens with zero attached hydrogens (tertiary/aromatic N) is 2. The zero-order valence-electron chi connectivity index (χ0n) is 24.5. The first-order chi connectivity index (χ1) is 19.7. The molecule has 0 bridgehead atoms. The second kappa shape index (κ2) is 14.5. The number of aliphatic hydroxyl groups excluding tert-OH is 1.